The van der Waals surface area contributed by atoms with Gasteiger partial charge in [-0.15, -0.1) is 0 Å². The molecule has 19 heavy (non-hydrogen) atoms. The van der Waals surface area contributed by atoms with Crippen molar-refractivity contribution in [2.45, 2.75) is 6.04 Å². The first-order valence-electron chi connectivity index (χ1n) is 6.02. The molecule has 0 bridgehead atoms. The van der Waals surface area contributed by atoms with E-state index in [1.165, 1.54) is 6.33 Å². The summed E-state index contributed by atoms with van der Waals surface area (Å²) in [6, 6.07) is 11.9. The topological polar surface area (TPSA) is 71.4 Å². The zero-order valence-corrected chi connectivity index (χ0v) is 10.5. The van der Waals surface area contributed by atoms with E-state index in [1.807, 2.05) is 48.1 Å². The number of rotatable bonds is 4. The minimum atomic E-state index is -0.0785. The molecule has 0 saturated heterocycles. The van der Waals surface area contributed by atoms with Crippen LogP contribution in [0.4, 0.5) is 0 Å². The maximum atomic E-state index is 4.38. The molecule has 0 fully saturated rings. The number of hydrogen-bond acceptors (Lipinski definition) is 4. The maximum Gasteiger partial charge on any atom is 0.147 e. The molecule has 1 aromatic carbocycles. The number of benzene rings is 1. The summed E-state index contributed by atoms with van der Waals surface area (Å²) in [6.45, 7) is 0. The van der Waals surface area contributed by atoms with Gasteiger partial charge in [0.1, 0.15) is 18.2 Å². The number of H-pyrrole nitrogens is 1. The number of para-hydroxylation sites is 1. The third kappa shape index (κ3) is 2.13. The highest BCUT2D eigenvalue weighted by Gasteiger charge is 2.19. The molecule has 1 unspecified atom stereocenters. The average molecular weight is 254 g/mol. The minimum Gasteiger partial charge on any atom is -0.305 e. The molecule has 0 saturated carbocycles. The summed E-state index contributed by atoms with van der Waals surface area (Å²) in [7, 11) is 1.88. The Balaban J connectivity index is 2.04. The monoisotopic (exact) mass is 254 g/mol. The first-order valence-corrected chi connectivity index (χ1v) is 6.02. The van der Waals surface area contributed by atoms with Crippen LogP contribution < -0.4 is 5.32 Å². The number of nitrogens with zero attached hydrogens (tertiary/aromatic N) is 4. The summed E-state index contributed by atoms with van der Waals surface area (Å²) in [6.07, 6.45) is 3.28. The first-order chi connectivity index (χ1) is 9.40. The largest absolute Gasteiger partial charge is 0.305 e. The molecule has 0 amide bonds. The van der Waals surface area contributed by atoms with Crippen molar-refractivity contribution in [1.29, 1.82) is 0 Å². The van der Waals surface area contributed by atoms with Gasteiger partial charge in [-0.2, -0.15) is 10.2 Å². The Bertz CT molecular complexity index is 628. The summed E-state index contributed by atoms with van der Waals surface area (Å²) in [5, 5.41) is 14.4. The quantitative estimate of drug-likeness (QED) is 0.736. The van der Waals surface area contributed by atoms with Gasteiger partial charge in [-0.05, 0) is 25.2 Å². The lowest BCUT2D eigenvalue weighted by atomic mass is 10.2. The van der Waals surface area contributed by atoms with Crippen LogP contribution in [0.2, 0.25) is 0 Å². The molecule has 0 aliphatic rings. The van der Waals surface area contributed by atoms with Crippen LogP contribution in [0.15, 0.2) is 48.9 Å². The molecule has 0 radical (unpaired) electrons. The van der Waals surface area contributed by atoms with Gasteiger partial charge in [-0.3, -0.25) is 5.10 Å². The molecule has 96 valence electrons. The van der Waals surface area contributed by atoms with E-state index in [4.69, 9.17) is 0 Å². The van der Waals surface area contributed by atoms with Gasteiger partial charge < -0.3 is 5.32 Å². The Morgan fingerprint density at radius 3 is 2.74 bits per heavy atom. The second-order valence-electron chi connectivity index (χ2n) is 4.10. The van der Waals surface area contributed by atoms with E-state index >= 15 is 0 Å². The van der Waals surface area contributed by atoms with Gasteiger partial charge in [-0.1, -0.05) is 18.2 Å². The Hall–Kier alpha value is -2.47. The fraction of sp³-hybridized carbons (Fsp3) is 0.154. The van der Waals surface area contributed by atoms with E-state index in [2.05, 4.69) is 25.6 Å². The lowest BCUT2D eigenvalue weighted by Crippen LogP contribution is -2.22. The smallest absolute Gasteiger partial charge is 0.147 e. The van der Waals surface area contributed by atoms with Crippen molar-refractivity contribution in [1.82, 2.24) is 30.3 Å². The summed E-state index contributed by atoms with van der Waals surface area (Å²) < 4.78 is 1.89. The third-order valence-electron chi connectivity index (χ3n) is 2.96. The van der Waals surface area contributed by atoms with E-state index in [9.17, 15) is 0 Å². The fourth-order valence-corrected chi connectivity index (χ4v) is 2.10. The maximum absolute atomic E-state index is 4.38. The second-order valence-corrected chi connectivity index (χ2v) is 4.10. The van der Waals surface area contributed by atoms with Crippen molar-refractivity contribution < 1.29 is 0 Å². The molecule has 0 spiro atoms. The molecular weight excluding hydrogens is 240 g/mol. The minimum absolute atomic E-state index is 0.0785. The Morgan fingerprint density at radius 2 is 2.05 bits per heavy atom. The van der Waals surface area contributed by atoms with E-state index in [1.54, 1.807) is 6.20 Å². The van der Waals surface area contributed by atoms with Crippen molar-refractivity contribution in [2.24, 2.45) is 0 Å². The summed E-state index contributed by atoms with van der Waals surface area (Å²) in [5.74, 6) is 0.764. The molecule has 0 aliphatic carbocycles. The van der Waals surface area contributed by atoms with Crippen LogP contribution in [0.25, 0.3) is 5.69 Å². The number of aromatic amines is 1. The Kier molecular flexibility index (Phi) is 3.07. The van der Waals surface area contributed by atoms with E-state index in [0.717, 1.165) is 17.2 Å². The zero-order chi connectivity index (χ0) is 13.1. The van der Waals surface area contributed by atoms with Gasteiger partial charge in [0.2, 0.25) is 0 Å². The highest BCUT2D eigenvalue weighted by molar-refractivity contribution is 5.34. The first kappa shape index (κ1) is 11.6. The van der Waals surface area contributed by atoms with Crippen LogP contribution in [-0.4, -0.2) is 32.0 Å². The van der Waals surface area contributed by atoms with Crippen LogP contribution in [0.1, 0.15) is 17.6 Å². The number of hydrogen-bond donors (Lipinski definition) is 2. The van der Waals surface area contributed by atoms with Crippen molar-refractivity contribution in [3.8, 4) is 5.69 Å². The highest BCUT2D eigenvalue weighted by Crippen LogP contribution is 2.20. The van der Waals surface area contributed by atoms with Crippen LogP contribution in [-0.2, 0) is 0 Å². The fourth-order valence-electron chi connectivity index (χ4n) is 2.10. The molecule has 2 heterocycles. The van der Waals surface area contributed by atoms with Gasteiger partial charge in [0.15, 0.2) is 0 Å². The standard InChI is InChI=1S/C13H14N6/c1-14-12(13-15-9-16-18-13)11-7-8-17-19(11)10-5-3-2-4-6-10/h2-9,12,14H,1H3,(H,15,16,18). The average Bonchev–Trinajstić information content (AvgIpc) is 3.12. The van der Waals surface area contributed by atoms with Crippen molar-refractivity contribution in [2.75, 3.05) is 7.05 Å². The molecule has 3 aromatic rings. The van der Waals surface area contributed by atoms with E-state index < -0.39 is 0 Å². The van der Waals surface area contributed by atoms with Gasteiger partial charge in [0, 0.05) is 6.20 Å². The lowest BCUT2D eigenvalue weighted by Gasteiger charge is -2.15. The van der Waals surface area contributed by atoms with Crippen LogP contribution in [0.3, 0.4) is 0 Å². The lowest BCUT2D eigenvalue weighted by molar-refractivity contribution is 0.606. The normalized spacial score (nSPS) is 12.5. The summed E-state index contributed by atoms with van der Waals surface area (Å²) in [5.41, 5.74) is 2.02. The molecular formula is C13H14N6. The molecule has 0 aliphatic heterocycles. The Labute approximate surface area is 110 Å². The molecule has 1 atom stereocenters. The predicted octanol–water partition coefficient (Wildman–Crippen LogP) is 1.30. The van der Waals surface area contributed by atoms with Crippen molar-refractivity contribution >= 4 is 0 Å². The SMILES string of the molecule is CNC(c1ncn[nH]1)c1ccnn1-c1ccccc1. The second kappa shape index (κ2) is 5.03. The molecule has 2 aromatic heterocycles. The van der Waals surface area contributed by atoms with Crippen LogP contribution >= 0.6 is 0 Å². The van der Waals surface area contributed by atoms with Crippen LogP contribution in [0, 0.1) is 0 Å². The number of aromatic nitrogens is 5. The summed E-state index contributed by atoms with van der Waals surface area (Å²) >= 11 is 0. The van der Waals surface area contributed by atoms with Gasteiger partial charge >= 0.3 is 0 Å². The van der Waals surface area contributed by atoms with Gasteiger partial charge in [0.05, 0.1) is 11.4 Å². The van der Waals surface area contributed by atoms with Crippen molar-refractivity contribution in [3.63, 3.8) is 0 Å². The third-order valence-corrected chi connectivity index (χ3v) is 2.96. The van der Waals surface area contributed by atoms with E-state index in [-0.39, 0.29) is 6.04 Å². The number of nitrogens with one attached hydrogen (secondary N) is 2. The molecule has 6 heteroatoms. The van der Waals surface area contributed by atoms with Crippen LogP contribution in [0.5, 0.6) is 0 Å². The van der Waals surface area contributed by atoms with Crippen molar-refractivity contribution in [3.05, 3.63) is 60.4 Å². The highest BCUT2D eigenvalue weighted by atomic mass is 15.3. The van der Waals surface area contributed by atoms with Gasteiger partial charge in [0.25, 0.3) is 0 Å². The molecule has 6 nitrogen and oxygen atoms in total. The molecule has 3 rings (SSSR count). The Morgan fingerprint density at radius 1 is 1.21 bits per heavy atom. The predicted molar refractivity (Wildman–Crippen MR) is 70.8 cm³/mol. The van der Waals surface area contributed by atoms with Gasteiger partial charge in [-0.25, -0.2) is 9.67 Å². The molecule has 2 N–H and O–H groups in total. The van der Waals surface area contributed by atoms with E-state index in [0.29, 0.717) is 0 Å². The zero-order valence-electron chi connectivity index (χ0n) is 10.5. The summed E-state index contributed by atoms with van der Waals surface area (Å²) in [4.78, 5) is 4.21.